The molecule has 1 N–H and O–H groups in total. The van der Waals surface area contributed by atoms with Crippen molar-refractivity contribution in [2.24, 2.45) is 0 Å². The second-order valence-corrected chi connectivity index (χ2v) is 8.26. The molecule has 1 aromatic heterocycles. The summed E-state index contributed by atoms with van der Waals surface area (Å²) in [6.45, 7) is 3.12. The predicted octanol–water partition coefficient (Wildman–Crippen LogP) is 2.47. The monoisotopic (exact) mass is 414 g/mol. The number of hydrogen-bond donors (Lipinski definition) is 1. The molecular formula is C20H26N6O2S. The van der Waals surface area contributed by atoms with E-state index in [4.69, 9.17) is 0 Å². The van der Waals surface area contributed by atoms with Crippen LogP contribution in [0.4, 0.5) is 10.5 Å². The molecule has 3 heterocycles. The van der Waals surface area contributed by atoms with Gasteiger partial charge in [-0.05, 0) is 25.0 Å². The van der Waals surface area contributed by atoms with Crippen molar-refractivity contribution in [3.63, 3.8) is 0 Å². The lowest BCUT2D eigenvalue weighted by Crippen LogP contribution is -2.52. The van der Waals surface area contributed by atoms with Crippen LogP contribution in [-0.2, 0) is 17.8 Å². The minimum Gasteiger partial charge on any atom is -0.338 e. The second-order valence-electron chi connectivity index (χ2n) is 7.31. The van der Waals surface area contributed by atoms with Crippen molar-refractivity contribution in [2.75, 3.05) is 37.2 Å². The van der Waals surface area contributed by atoms with E-state index >= 15 is 0 Å². The third kappa shape index (κ3) is 4.90. The number of aromatic nitrogens is 3. The number of fused-ring (bicyclic) bond motifs is 1. The number of nitrogens with one attached hydrogen (secondary N) is 1. The Morgan fingerprint density at radius 3 is 2.48 bits per heavy atom. The van der Waals surface area contributed by atoms with Gasteiger partial charge in [0.05, 0.1) is 5.75 Å². The molecule has 4 rings (SSSR count). The number of carbonyl (C=O) groups is 2. The Balaban J connectivity index is 1.24. The lowest BCUT2D eigenvalue weighted by atomic mass is 10.2. The highest BCUT2D eigenvalue weighted by Crippen LogP contribution is 2.22. The first-order valence-electron chi connectivity index (χ1n) is 10.1. The van der Waals surface area contributed by atoms with E-state index in [1.165, 1.54) is 18.2 Å². The lowest BCUT2D eigenvalue weighted by molar-refractivity contribution is -0.129. The number of benzene rings is 1. The number of urea groups is 1. The zero-order valence-corrected chi connectivity index (χ0v) is 17.2. The minimum absolute atomic E-state index is 0.0871. The van der Waals surface area contributed by atoms with Gasteiger partial charge >= 0.3 is 6.03 Å². The van der Waals surface area contributed by atoms with Crippen molar-refractivity contribution in [1.82, 2.24) is 24.6 Å². The van der Waals surface area contributed by atoms with Crippen LogP contribution in [0.5, 0.6) is 0 Å². The normalized spacial score (nSPS) is 16.8. The Hall–Kier alpha value is -2.55. The molecule has 0 bridgehead atoms. The number of rotatable bonds is 4. The van der Waals surface area contributed by atoms with Gasteiger partial charge in [0.25, 0.3) is 0 Å². The summed E-state index contributed by atoms with van der Waals surface area (Å²) in [5, 5.41) is 12.3. The van der Waals surface area contributed by atoms with Crippen LogP contribution < -0.4 is 5.32 Å². The fraction of sp³-hybridized carbons (Fsp3) is 0.500. The molecule has 1 aromatic carbocycles. The van der Waals surface area contributed by atoms with Crippen LogP contribution in [0.1, 0.15) is 25.1 Å². The van der Waals surface area contributed by atoms with Crippen LogP contribution in [-0.4, -0.2) is 68.4 Å². The maximum atomic E-state index is 12.6. The van der Waals surface area contributed by atoms with Crippen molar-refractivity contribution in [2.45, 2.75) is 37.4 Å². The molecule has 3 amide bonds. The third-order valence-electron chi connectivity index (χ3n) is 5.34. The van der Waals surface area contributed by atoms with E-state index in [0.717, 1.165) is 42.5 Å². The van der Waals surface area contributed by atoms with Crippen LogP contribution in [0.2, 0.25) is 0 Å². The number of piperazine rings is 1. The molecule has 154 valence electrons. The van der Waals surface area contributed by atoms with Gasteiger partial charge in [0.15, 0.2) is 5.16 Å². The van der Waals surface area contributed by atoms with Gasteiger partial charge < -0.3 is 19.7 Å². The summed E-state index contributed by atoms with van der Waals surface area (Å²) in [5.41, 5.74) is 0.778. The van der Waals surface area contributed by atoms with E-state index < -0.39 is 0 Å². The summed E-state index contributed by atoms with van der Waals surface area (Å²) in [6, 6.07) is 9.29. The second kappa shape index (κ2) is 9.30. The van der Waals surface area contributed by atoms with Crippen LogP contribution >= 0.6 is 11.8 Å². The van der Waals surface area contributed by atoms with E-state index in [-0.39, 0.29) is 11.9 Å². The van der Waals surface area contributed by atoms with Crippen LogP contribution in [0.3, 0.4) is 0 Å². The van der Waals surface area contributed by atoms with E-state index in [9.17, 15) is 9.59 Å². The Morgan fingerprint density at radius 2 is 1.69 bits per heavy atom. The number of thioether (sulfide) groups is 1. The summed E-state index contributed by atoms with van der Waals surface area (Å²) >= 11 is 1.47. The van der Waals surface area contributed by atoms with Gasteiger partial charge in [-0.3, -0.25) is 4.79 Å². The number of carbonyl (C=O) groups excluding carboxylic acids is 2. The molecular weight excluding hydrogens is 388 g/mol. The highest BCUT2D eigenvalue weighted by Gasteiger charge is 2.25. The number of anilines is 1. The maximum absolute atomic E-state index is 12.6. The van der Waals surface area contributed by atoms with Crippen LogP contribution in [0.15, 0.2) is 35.5 Å². The van der Waals surface area contributed by atoms with E-state index in [0.29, 0.717) is 31.9 Å². The van der Waals surface area contributed by atoms with Gasteiger partial charge in [-0.1, -0.05) is 36.4 Å². The molecule has 2 aliphatic heterocycles. The fourth-order valence-electron chi connectivity index (χ4n) is 3.67. The first-order chi connectivity index (χ1) is 14.2. The topological polar surface area (TPSA) is 83.4 Å². The summed E-state index contributed by atoms with van der Waals surface area (Å²) in [7, 11) is 0. The Kier molecular flexibility index (Phi) is 6.33. The summed E-state index contributed by atoms with van der Waals surface area (Å²) in [5.74, 6) is 1.48. The van der Waals surface area contributed by atoms with Crippen molar-refractivity contribution in [3.8, 4) is 0 Å². The number of para-hydroxylation sites is 1. The van der Waals surface area contributed by atoms with Crippen molar-refractivity contribution < 1.29 is 9.59 Å². The molecule has 1 fully saturated rings. The Morgan fingerprint density at radius 1 is 0.931 bits per heavy atom. The minimum atomic E-state index is -0.121. The van der Waals surface area contributed by atoms with Gasteiger partial charge in [-0.15, -0.1) is 10.2 Å². The standard InChI is InChI=1S/C20H26N6O2S/c27-18(15-29-20-23-22-17-9-5-2-6-10-26(17)20)24-11-13-25(14-12-24)19(28)21-16-7-3-1-4-8-16/h1,3-4,7-8H,2,5-6,9-15H2,(H,21,28). The smallest absolute Gasteiger partial charge is 0.321 e. The van der Waals surface area contributed by atoms with Gasteiger partial charge in [-0.25, -0.2) is 4.79 Å². The number of hydrogen-bond acceptors (Lipinski definition) is 5. The average Bonchev–Trinajstić information content (AvgIpc) is 2.98. The number of aryl methyl sites for hydroxylation is 1. The number of nitrogens with zero attached hydrogens (tertiary/aromatic N) is 5. The zero-order chi connectivity index (χ0) is 20.1. The molecule has 0 aliphatic carbocycles. The first kappa shape index (κ1) is 19.8. The molecule has 2 aliphatic rings. The molecule has 8 nitrogen and oxygen atoms in total. The molecule has 2 aromatic rings. The molecule has 0 saturated carbocycles. The predicted molar refractivity (Wildman–Crippen MR) is 112 cm³/mol. The van der Waals surface area contributed by atoms with Gasteiger partial charge in [0.1, 0.15) is 5.82 Å². The molecule has 29 heavy (non-hydrogen) atoms. The average molecular weight is 415 g/mol. The Labute approximate surface area is 174 Å². The highest BCUT2D eigenvalue weighted by molar-refractivity contribution is 7.99. The largest absolute Gasteiger partial charge is 0.338 e. The molecule has 0 atom stereocenters. The van der Waals surface area contributed by atoms with Crippen LogP contribution in [0.25, 0.3) is 0 Å². The molecule has 0 radical (unpaired) electrons. The summed E-state index contributed by atoms with van der Waals surface area (Å²) in [4.78, 5) is 28.6. The van der Waals surface area contributed by atoms with E-state index in [1.807, 2.05) is 35.2 Å². The van der Waals surface area contributed by atoms with Gasteiger partial charge in [0, 0.05) is 44.8 Å². The van der Waals surface area contributed by atoms with Crippen molar-refractivity contribution in [1.29, 1.82) is 0 Å². The van der Waals surface area contributed by atoms with E-state index in [1.54, 1.807) is 4.90 Å². The maximum Gasteiger partial charge on any atom is 0.321 e. The van der Waals surface area contributed by atoms with Gasteiger partial charge in [0.2, 0.25) is 5.91 Å². The molecule has 9 heteroatoms. The van der Waals surface area contributed by atoms with Crippen LogP contribution in [0, 0.1) is 0 Å². The molecule has 1 saturated heterocycles. The van der Waals surface area contributed by atoms with Gasteiger partial charge in [-0.2, -0.15) is 0 Å². The fourth-order valence-corrected chi connectivity index (χ4v) is 4.55. The summed E-state index contributed by atoms with van der Waals surface area (Å²) in [6.07, 6.45) is 4.48. The Bertz CT molecular complexity index is 848. The zero-order valence-electron chi connectivity index (χ0n) is 16.4. The number of amides is 3. The SMILES string of the molecule is O=C(CSc1nnc2n1CCCCC2)N1CCN(C(=O)Nc2ccccc2)CC1. The lowest BCUT2D eigenvalue weighted by Gasteiger charge is -2.34. The van der Waals surface area contributed by atoms with E-state index in [2.05, 4.69) is 20.1 Å². The van der Waals surface area contributed by atoms with Crippen molar-refractivity contribution >= 4 is 29.4 Å². The first-order valence-corrected chi connectivity index (χ1v) is 11.1. The quantitative estimate of drug-likeness (QED) is 0.777. The molecule has 0 unspecified atom stereocenters. The highest BCUT2D eigenvalue weighted by atomic mass is 32.2. The van der Waals surface area contributed by atoms with Crippen molar-refractivity contribution in [3.05, 3.63) is 36.2 Å². The third-order valence-corrected chi connectivity index (χ3v) is 6.30. The molecule has 0 spiro atoms. The summed E-state index contributed by atoms with van der Waals surface area (Å²) < 4.78 is 2.16.